The first-order chi connectivity index (χ1) is 20.4. The molecule has 0 spiro atoms. The molecule has 2 fully saturated rings. The number of piperidine rings is 1. The van der Waals surface area contributed by atoms with Gasteiger partial charge in [0.2, 0.25) is 0 Å². The second kappa shape index (κ2) is 11.2. The van der Waals surface area contributed by atoms with Crippen molar-refractivity contribution in [3.05, 3.63) is 99.6 Å². The van der Waals surface area contributed by atoms with E-state index in [4.69, 9.17) is 26.1 Å². The summed E-state index contributed by atoms with van der Waals surface area (Å²) in [6.07, 6.45) is 6.43. The third kappa shape index (κ3) is 5.19. The van der Waals surface area contributed by atoms with E-state index in [1.54, 1.807) is 30.3 Å². The summed E-state index contributed by atoms with van der Waals surface area (Å²) < 4.78 is 29.0. The first kappa shape index (κ1) is 27.1. The maximum atomic E-state index is 14.7. The summed E-state index contributed by atoms with van der Waals surface area (Å²) >= 11 is 5.97. The highest BCUT2D eigenvalue weighted by Crippen LogP contribution is 2.42. The van der Waals surface area contributed by atoms with E-state index in [0.29, 0.717) is 29.6 Å². The molecule has 3 aliphatic rings. The van der Waals surface area contributed by atoms with Gasteiger partial charge >= 0.3 is 5.97 Å². The summed E-state index contributed by atoms with van der Waals surface area (Å²) in [6.45, 7) is 3.90. The maximum Gasteiger partial charge on any atom is 0.335 e. The summed E-state index contributed by atoms with van der Waals surface area (Å²) in [5.74, 6) is 0.758. The highest BCUT2D eigenvalue weighted by atomic mass is 35.5. The van der Waals surface area contributed by atoms with Crippen LogP contribution in [0, 0.1) is 5.82 Å². The third-order valence-electron chi connectivity index (χ3n) is 8.69. The minimum absolute atomic E-state index is 0.129. The van der Waals surface area contributed by atoms with E-state index in [0.717, 1.165) is 72.7 Å². The zero-order valence-corrected chi connectivity index (χ0v) is 23.8. The van der Waals surface area contributed by atoms with Gasteiger partial charge in [-0.3, -0.25) is 4.90 Å². The minimum Gasteiger partial charge on any atom is -0.481 e. The van der Waals surface area contributed by atoms with Crippen molar-refractivity contribution in [3.63, 3.8) is 0 Å². The molecule has 4 aromatic rings. The number of likely N-dealkylation sites (tertiary alicyclic amines) is 1. The van der Waals surface area contributed by atoms with E-state index in [1.165, 1.54) is 6.07 Å². The Morgan fingerprint density at radius 1 is 1.07 bits per heavy atom. The first-order valence-electron chi connectivity index (χ1n) is 14.4. The molecule has 4 heterocycles. The molecular formula is C33H31ClFN3O4. The van der Waals surface area contributed by atoms with Gasteiger partial charge < -0.3 is 19.1 Å². The van der Waals surface area contributed by atoms with Crippen LogP contribution in [-0.4, -0.2) is 51.3 Å². The number of fused-ring (bicyclic) bond motifs is 2. The number of hydrogen-bond acceptors (Lipinski definition) is 5. The highest BCUT2D eigenvalue weighted by molar-refractivity contribution is 6.30. The van der Waals surface area contributed by atoms with Crippen LogP contribution in [0.3, 0.4) is 0 Å². The largest absolute Gasteiger partial charge is 0.481 e. The molecule has 9 heteroatoms. The van der Waals surface area contributed by atoms with Crippen molar-refractivity contribution < 1.29 is 23.8 Å². The lowest BCUT2D eigenvalue weighted by Gasteiger charge is -2.34. The van der Waals surface area contributed by atoms with Gasteiger partial charge in [-0.1, -0.05) is 41.9 Å². The summed E-state index contributed by atoms with van der Waals surface area (Å²) in [7, 11) is 0. The van der Waals surface area contributed by atoms with Crippen molar-refractivity contribution in [3.8, 4) is 5.75 Å². The molecule has 0 unspecified atom stereocenters. The van der Waals surface area contributed by atoms with Gasteiger partial charge in [-0.2, -0.15) is 0 Å². The summed E-state index contributed by atoms with van der Waals surface area (Å²) in [5, 5.41) is 9.89. The van der Waals surface area contributed by atoms with Crippen molar-refractivity contribution in [2.45, 2.75) is 50.5 Å². The van der Waals surface area contributed by atoms with E-state index < -0.39 is 12.1 Å². The van der Waals surface area contributed by atoms with Crippen LogP contribution in [-0.2, 0) is 17.8 Å². The van der Waals surface area contributed by atoms with Crippen LogP contribution >= 0.6 is 11.6 Å². The predicted octanol–water partition coefficient (Wildman–Crippen LogP) is 6.84. The van der Waals surface area contributed by atoms with Crippen LogP contribution in [0.5, 0.6) is 5.75 Å². The van der Waals surface area contributed by atoms with Crippen LogP contribution in [0.15, 0.2) is 60.7 Å². The Balaban J connectivity index is 1.08. The highest BCUT2D eigenvalue weighted by Gasteiger charge is 2.29. The van der Waals surface area contributed by atoms with Crippen molar-refractivity contribution in [2.24, 2.45) is 0 Å². The monoisotopic (exact) mass is 587 g/mol. The van der Waals surface area contributed by atoms with Gasteiger partial charge in [0, 0.05) is 22.8 Å². The smallest absolute Gasteiger partial charge is 0.335 e. The molecule has 0 radical (unpaired) electrons. The lowest BCUT2D eigenvalue weighted by atomic mass is 9.87. The van der Waals surface area contributed by atoms with E-state index in [9.17, 15) is 14.3 Å². The molecule has 1 N–H and O–H groups in total. The number of benzene rings is 3. The van der Waals surface area contributed by atoms with E-state index in [1.807, 2.05) is 18.2 Å². The second-order valence-electron chi connectivity index (χ2n) is 11.3. The number of ether oxygens (including phenoxy) is 2. The molecule has 2 atom stereocenters. The first-order valence-corrected chi connectivity index (χ1v) is 14.8. The average Bonchev–Trinajstić information content (AvgIpc) is 3.30. The van der Waals surface area contributed by atoms with Crippen molar-refractivity contribution in [1.29, 1.82) is 0 Å². The third-order valence-corrected chi connectivity index (χ3v) is 8.92. The number of aromatic carboxylic acids is 1. The number of imidazole rings is 1. The summed E-state index contributed by atoms with van der Waals surface area (Å²) in [6, 6.07) is 16.0. The van der Waals surface area contributed by atoms with Gasteiger partial charge in [-0.15, -0.1) is 0 Å². The van der Waals surface area contributed by atoms with E-state index >= 15 is 0 Å². The molecule has 2 saturated heterocycles. The molecule has 7 rings (SSSR count). The van der Waals surface area contributed by atoms with Gasteiger partial charge in [0.05, 0.1) is 35.8 Å². The molecule has 0 bridgehead atoms. The SMILES string of the molecule is O=C(O)c1ccc2nc(CN3CCC(c4cccc5c4O[C@@H](c4ccc(Cl)cc4F)C=C5)CC3)n(C[C@H]3CCO3)c2c1. The lowest BCUT2D eigenvalue weighted by Crippen LogP contribution is -2.35. The van der Waals surface area contributed by atoms with Crippen molar-refractivity contribution >= 4 is 34.7 Å². The number of rotatable bonds is 7. The number of carboxylic acids is 1. The van der Waals surface area contributed by atoms with E-state index in [-0.39, 0.29) is 17.5 Å². The van der Waals surface area contributed by atoms with Crippen molar-refractivity contribution in [2.75, 3.05) is 19.7 Å². The Kier molecular flexibility index (Phi) is 7.22. The zero-order valence-electron chi connectivity index (χ0n) is 23.0. The van der Waals surface area contributed by atoms with Gasteiger partial charge in [-0.25, -0.2) is 14.2 Å². The molecule has 0 amide bonds. The number of para-hydroxylation sites is 1. The van der Waals surface area contributed by atoms with Crippen LogP contribution in [0.4, 0.5) is 4.39 Å². The number of carboxylic acid groups (broad SMARTS) is 1. The summed E-state index contributed by atoms with van der Waals surface area (Å²) in [4.78, 5) is 18.9. The van der Waals surface area contributed by atoms with Crippen LogP contribution in [0.2, 0.25) is 5.02 Å². The fourth-order valence-corrected chi connectivity index (χ4v) is 6.44. The van der Waals surface area contributed by atoms with Crippen LogP contribution < -0.4 is 4.74 Å². The number of carbonyl (C=O) groups is 1. The Labute approximate surface area is 248 Å². The fourth-order valence-electron chi connectivity index (χ4n) is 6.28. The molecule has 3 aromatic carbocycles. The molecule has 3 aliphatic heterocycles. The molecule has 42 heavy (non-hydrogen) atoms. The quantitative estimate of drug-likeness (QED) is 0.255. The molecule has 1 aromatic heterocycles. The molecular weight excluding hydrogens is 557 g/mol. The summed E-state index contributed by atoms with van der Waals surface area (Å²) in [5.41, 5.74) is 4.53. The normalized spacial score (nSPS) is 20.7. The van der Waals surface area contributed by atoms with Crippen LogP contribution in [0.25, 0.3) is 17.1 Å². The maximum absolute atomic E-state index is 14.7. The number of aromatic nitrogens is 2. The second-order valence-corrected chi connectivity index (χ2v) is 11.7. The van der Waals surface area contributed by atoms with Crippen molar-refractivity contribution in [1.82, 2.24) is 14.5 Å². The number of hydrogen-bond donors (Lipinski definition) is 1. The minimum atomic E-state index is -0.944. The average molecular weight is 588 g/mol. The molecule has 0 aliphatic carbocycles. The Morgan fingerprint density at radius 2 is 1.90 bits per heavy atom. The van der Waals surface area contributed by atoms with Gasteiger partial charge in [-0.05, 0) is 80.2 Å². The Morgan fingerprint density at radius 3 is 2.64 bits per heavy atom. The lowest BCUT2D eigenvalue weighted by molar-refractivity contribution is -0.0592. The predicted molar refractivity (Wildman–Crippen MR) is 159 cm³/mol. The van der Waals surface area contributed by atoms with Crippen LogP contribution in [0.1, 0.15) is 64.2 Å². The molecule has 216 valence electrons. The number of halogens is 2. The standard InChI is InChI=1S/C33H31ClFN3O4/c34-23-6-7-26(27(35)17-23)30-9-5-21-2-1-3-25(32(21)42-30)20-10-13-37(14-11-20)19-31-36-28-8-4-22(33(39)40)16-29(28)38(31)18-24-12-15-41-24/h1-9,16-17,20,24,30H,10-15,18-19H2,(H,39,40)/t24-,30-/m1/s1. The number of nitrogens with zero attached hydrogens (tertiary/aromatic N) is 3. The van der Waals surface area contributed by atoms with E-state index in [2.05, 4.69) is 21.6 Å². The van der Waals surface area contributed by atoms with Gasteiger partial charge in [0.25, 0.3) is 0 Å². The topological polar surface area (TPSA) is 76.8 Å². The Hall–Kier alpha value is -3.72. The Bertz CT molecular complexity index is 1690. The van der Waals surface area contributed by atoms with Gasteiger partial charge in [0.15, 0.2) is 0 Å². The zero-order chi connectivity index (χ0) is 28.8. The fraction of sp³-hybridized carbons (Fsp3) is 0.333. The van der Waals surface area contributed by atoms with Gasteiger partial charge in [0.1, 0.15) is 23.5 Å². The molecule has 7 nitrogen and oxygen atoms in total. The molecule has 0 saturated carbocycles.